The van der Waals surface area contributed by atoms with Crippen LogP contribution in [0, 0.1) is 11.3 Å². The maximum absolute atomic E-state index is 12.3. The van der Waals surface area contributed by atoms with Crippen molar-refractivity contribution in [2.75, 3.05) is 12.4 Å². The second-order valence-electron chi connectivity index (χ2n) is 6.15. The highest BCUT2D eigenvalue weighted by molar-refractivity contribution is 5.93. The van der Waals surface area contributed by atoms with Gasteiger partial charge in [-0.05, 0) is 43.0 Å². The average Bonchev–Trinajstić information content (AvgIpc) is 2.72. The van der Waals surface area contributed by atoms with E-state index < -0.39 is 0 Å². The van der Waals surface area contributed by atoms with Gasteiger partial charge in [-0.3, -0.25) is 4.79 Å². The molecule has 1 aliphatic carbocycles. The summed E-state index contributed by atoms with van der Waals surface area (Å²) in [4.78, 5) is 12.3. The predicted octanol–water partition coefficient (Wildman–Crippen LogP) is 3.17. The van der Waals surface area contributed by atoms with Crippen LogP contribution >= 0.6 is 0 Å². The zero-order valence-corrected chi connectivity index (χ0v) is 12.1. The number of nitrogens with one attached hydrogen (secondary N) is 2. The van der Waals surface area contributed by atoms with Crippen molar-refractivity contribution in [2.24, 2.45) is 11.3 Å². The van der Waals surface area contributed by atoms with Gasteiger partial charge >= 0.3 is 0 Å². The third kappa shape index (κ3) is 3.35. The monoisotopic (exact) mass is 260 g/mol. The van der Waals surface area contributed by atoms with Gasteiger partial charge in [-0.1, -0.05) is 32.4 Å². The molecule has 0 saturated heterocycles. The Kier molecular flexibility index (Phi) is 4.25. The highest BCUT2D eigenvalue weighted by atomic mass is 16.1. The van der Waals surface area contributed by atoms with E-state index in [0.29, 0.717) is 0 Å². The fourth-order valence-corrected chi connectivity index (χ4v) is 2.95. The highest BCUT2D eigenvalue weighted by Crippen LogP contribution is 2.42. The molecule has 1 atom stereocenters. The lowest BCUT2D eigenvalue weighted by Gasteiger charge is -2.25. The van der Waals surface area contributed by atoms with Crippen LogP contribution in [0.15, 0.2) is 24.3 Å². The predicted molar refractivity (Wildman–Crippen MR) is 79.0 cm³/mol. The number of anilines is 1. The van der Waals surface area contributed by atoms with Crippen LogP contribution in [0.25, 0.3) is 0 Å². The molecule has 1 amide bonds. The Hall–Kier alpha value is -1.35. The van der Waals surface area contributed by atoms with Crippen LogP contribution in [-0.2, 0) is 11.3 Å². The van der Waals surface area contributed by atoms with Gasteiger partial charge in [0.15, 0.2) is 0 Å². The average molecular weight is 260 g/mol. The van der Waals surface area contributed by atoms with E-state index >= 15 is 0 Å². The maximum atomic E-state index is 12.3. The van der Waals surface area contributed by atoms with E-state index in [4.69, 9.17) is 0 Å². The molecule has 2 rings (SSSR count). The molecular weight excluding hydrogens is 236 g/mol. The second-order valence-corrected chi connectivity index (χ2v) is 6.15. The summed E-state index contributed by atoms with van der Waals surface area (Å²) in [6.45, 7) is 5.24. The largest absolute Gasteiger partial charge is 0.326 e. The van der Waals surface area contributed by atoms with Crippen molar-refractivity contribution >= 4 is 11.6 Å². The van der Waals surface area contributed by atoms with Crippen LogP contribution in [0.2, 0.25) is 0 Å². The molecule has 1 fully saturated rings. The van der Waals surface area contributed by atoms with Crippen molar-refractivity contribution < 1.29 is 4.79 Å². The lowest BCUT2D eigenvalue weighted by atomic mass is 9.81. The maximum Gasteiger partial charge on any atom is 0.228 e. The van der Waals surface area contributed by atoms with Crippen LogP contribution in [0.3, 0.4) is 0 Å². The van der Waals surface area contributed by atoms with Crippen molar-refractivity contribution in [1.82, 2.24) is 5.32 Å². The Labute approximate surface area is 115 Å². The summed E-state index contributed by atoms with van der Waals surface area (Å²) >= 11 is 0. The molecule has 0 radical (unpaired) electrons. The Morgan fingerprint density at radius 2 is 2.00 bits per heavy atom. The van der Waals surface area contributed by atoms with Crippen LogP contribution in [0.1, 0.15) is 38.7 Å². The summed E-state index contributed by atoms with van der Waals surface area (Å²) in [5.41, 5.74) is 2.25. The van der Waals surface area contributed by atoms with Crippen LogP contribution in [0.5, 0.6) is 0 Å². The summed E-state index contributed by atoms with van der Waals surface area (Å²) < 4.78 is 0. The number of carbonyl (C=O) groups excluding carboxylic acids is 1. The van der Waals surface area contributed by atoms with E-state index in [1.54, 1.807) is 0 Å². The van der Waals surface area contributed by atoms with Gasteiger partial charge in [0.2, 0.25) is 5.91 Å². The van der Waals surface area contributed by atoms with E-state index in [-0.39, 0.29) is 17.2 Å². The molecule has 2 N–H and O–H groups in total. The van der Waals surface area contributed by atoms with Crippen LogP contribution in [0.4, 0.5) is 5.69 Å². The molecule has 0 aromatic heterocycles. The first kappa shape index (κ1) is 14.1. The summed E-state index contributed by atoms with van der Waals surface area (Å²) in [6, 6.07) is 8.05. The first-order valence-corrected chi connectivity index (χ1v) is 7.07. The first-order chi connectivity index (χ1) is 9.03. The zero-order chi connectivity index (χ0) is 13.9. The van der Waals surface area contributed by atoms with Gasteiger partial charge in [0, 0.05) is 18.2 Å². The van der Waals surface area contributed by atoms with Gasteiger partial charge < -0.3 is 10.6 Å². The number of hydrogen-bond acceptors (Lipinski definition) is 2. The Morgan fingerprint density at radius 1 is 1.32 bits per heavy atom. The molecule has 0 spiro atoms. The molecule has 1 aliphatic rings. The topological polar surface area (TPSA) is 41.1 Å². The molecule has 19 heavy (non-hydrogen) atoms. The van der Waals surface area contributed by atoms with E-state index in [1.807, 2.05) is 31.3 Å². The van der Waals surface area contributed by atoms with E-state index in [0.717, 1.165) is 31.5 Å². The van der Waals surface area contributed by atoms with Crippen molar-refractivity contribution in [3.63, 3.8) is 0 Å². The van der Waals surface area contributed by atoms with Gasteiger partial charge in [-0.25, -0.2) is 0 Å². The fourth-order valence-electron chi connectivity index (χ4n) is 2.95. The molecule has 0 aliphatic heterocycles. The van der Waals surface area contributed by atoms with Crippen LogP contribution < -0.4 is 10.6 Å². The van der Waals surface area contributed by atoms with Crippen molar-refractivity contribution in [1.29, 1.82) is 0 Å². The fraction of sp³-hybridized carbons (Fsp3) is 0.562. The van der Waals surface area contributed by atoms with Gasteiger partial charge in [-0.2, -0.15) is 0 Å². The van der Waals surface area contributed by atoms with Gasteiger partial charge in [0.05, 0.1) is 0 Å². The molecule has 1 saturated carbocycles. The lowest BCUT2D eigenvalue weighted by molar-refractivity contribution is -0.122. The van der Waals surface area contributed by atoms with E-state index in [9.17, 15) is 4.79 Å². The van der Waals surface area contributed by atoms with Gasteiger partial charge in [0.1, 0.15) is 0 Å². The molecule has 1 aromatic carbocycles. The Bertz CT molecular complexity index is 437. The molecular formula is C16H24N2O. The summed E-state index contributed by atoms with van der Waals surface area (Å²) in [7, 11) is 1.93. The number of carbonyl (C=O) groups is 1. The van der Waals surface area contributed by atoms with Crippen molar-refractivity contribution in [3.05, 3.63) is 29.8 Å². The lowest BCUT2D eigenvalue weighted by Crippen LogP contribution is -2.30. The minimum absolute atomic E-state index is 0.135. The van der Waals surface area contributed by atoms with Gasteiger partial charge in [-0.15, -0.1) is 0 Å². The van der Waals surface area contributed by atoms with Gasteiger partial charge in [0.25, 0.3) is 0 Å². The molecule has 104 valence electrons. The molecule has 1 aromatic rings. The van der Waals surface area contributed by atoms with Crippen molar-refractivity contribution in [3.8, 4) is 0 Å². The Balaban J connectivity index is 1.99. The number of benzene rings is 1. The summed E-state index contributed by atoms with van der Waals surface area (Å²) in [5, 5.41) is 6.16. The summed E-state index contributed by atoms with van der Waals surface area (Å²) in [6.07, 6.45) is 3.31. The Morgan fingerprint density at radius 3 is 2.53 bits per heavy atom. The van der Waals surface area contributed by atoms with Crippen molar-refractivity contribution in [2.45, 2.75) is 39.7 Å². The van der Waals surface area contributed by atoms with Crippen LogP contribution in [-0.4, -0.2) is 13.0 Å². The number of amides is 1. The molecule has 3 heteroatoms. The third-order valence-electron chi connectivity index (χ3n) is 4.18. The smallest absolute Gasteiger partial charge is 0.228 e. The minimum Gasteiger partial charge on any atom is -0.326 e. The van der Waals surface area contributed by atoms with E-state index in [1.165, 1.54) is 5.56 Å². The SMILES string of the molecule is CNCc1ccc(NC(=O)C2CCCC2(C)C)cc1. The highest BCUT2D eigenvalue weighted by Gasteiger charge is 2.39. The third-order valence-corrected chi connectivity index (χ3v) is 4.18. The molecule has 1 unspecified atom stereocenters. The minimum atomic E-state index is 0.135. The molecule has 0 heterocycles. The number of rotatable bonds is 4. The second kappa shape index (κ2) is 5.74. The first-order valence-electron chi connectivity index (χ1n) is 7.07. The quantitative estimate of drug-likeness (QED) is 0.873. The standard InChI is InChI=1S/C16H24N2O/c1-16(2)10-4-5-14(16)15(19)18-13-8-6-12(7-9-13)11-17-3/h6-9,14,17H,4-5,10-11H2,1-3H3,(H,18,19). The number of hydrogen-bond donors (Lipinski definition) is 2. The summed E-state index contributed by atoms with van der Waals surface area (Å²) in [5.74, 6) is 0.313. The normalized spacial score (nSPS) is 21.3. The zero-order valence-electron chi connectivity index (χ0n) is 12.1. The molecule has 0 bridgehead atoms. The van der Waals surface area contributed by atoms with E-state index in [2.05, 4.69) is 24.5 Å². The molecule has 3 nitrogen and oxygen atoms in total.